The number of aliphatic hydroxyl groups excluding tert-OH is 1. The molecule has 0 saturated heterocycles. The number of aromatic nitrogens is 2. The second-order valence-electron chi connectivity index (χ2n) is 8.84. The number of ether oxygens (including phenoxy) is 1. The number of primary amides is 1. The molecular weight excluding hydrogens is 428 g/mol. The summed E-state index contributed by atoms with van der Waals surface area (Å²) in [6.45, 7) is 3.88. The molecule has 4 aromatic rings. The summed E-state index contributed by atoms with van der Waals surface area (Å²) >= 11 is 0. The van der Waals surface area contributed by atoms with Crippen molar-refractivity contribution in [1.82, 2.24) is 9.13 Å². The Kier molecular flexibility index (Phi) is 7.75. The van der Waals surface area contributed by atoms with Crippen LogP contribution in [0.1, 0.15) is 39.0 Å². The summed E-state index contributed by atoms with van der Waals surface area (Å²) in [6.07, 6.45) is 9.76. The van der Waals surface area contributed by atoms with Gasteiger partial charge in [0.05, 0.1) is 6.54 Å². The molecule has 0 radical (unpaired) electrons. The monoisotopic (exact) mass is 462 g/mol. The number of rotatable bonds is 12. The normalized spacial score (nSPS) is 12.3. The van der Waals surface area contributed by atoms with Crippen molar-refractivity contribution in [3.8, 4) is 5.75 Å². The number of aryl methyl sites for hydroxylation is 1. The number of anilines is 1. The van der Waals surface area contributed by atoms with Crippen LogP contribution in [0.3, 0.4) is 0 Å². The summed E-state index contributed by atoms with van der Waals surface area (Å²) in [5, 5.41) is 15.3. The van der Waals surface area contributed by atoms with Crippen molar-refractivity contribution in [3.63, 3.8) is 0 Å². The van der Waals surface area contributed by atoms with Gasteiger partial charge in [-0.05, 0) is 55.0 Å². The van der Waals surface area contributed by atoms with E-state index >= 15 is 0 Å². The summed E-state index contributed by atoms with van der Waals surface area (Å²) in [5.74, 6) is 0.756. The molecule has 4 rings (SSSR count). The third-order valence-electron chi connectivity index (χ3n) is 6.13. The van der Waals surface area contributed by atoms with Crippen LogP contribution in [0.25, 0.3) is 21.8 Å². The van der Waals surface area contributed by atoms with E-state index in [1.165, 1.54) is 37.6 Å². The third kappa shape index (κ3) is 5.91. The zero-order chi connectivity index (χ0) is 23.9. The molecule has 1 atom stereocenters. The highest BCUT2D eigenvalue weighted by Gasteiger charge is 2.11. The lowest BCUT2D eigenvalue weighted by molar-refractivity contribution is 0.0936. The molecule has 0 fully saturated rings. The van der Waals surface area contributed by atoms with E-state index in [1.807, 2.05) is 41.1 Å². The van der Waals surface area contributed by atoms with E-state index < -0.39 is 12.1 Å². The Morgan fingerprint density at radius 3 is 2.47 bits per heavy atom. The first-order valence-electron chi connectivity index (χ1n) is 12.1. The molecule has 0 aliphatic rings. The maximum Gasteiger partial charge on any atom is 0.316 e. The predicted molar refractivity (Wildman–Crippen MR) is 137 cm³/mol. The van der Waals surface area contributed by atoms with Crippen molar-refractivity contribution in [2.24, 2.45) is 5.73 Å². The summed E-state index contributed by atoms with van der Waals surface area (Å²) in [7, 11) is 0. The van der Waals surface area contributed by atoms with Crippen LogP contribution >= 0.6 is 0 Å². The average molecular weight is 463 g/mol. The lowest BCUT2D eigenvalue weighted by Crippen LogP contribution is -2.23. The minimum Gasteiger partial charge on any atom is -0.491 e. The topological polar surface area (TPSA) is 94.4 Å². The maximum atomic E-state index is 11.0. The van der Waals surface area contributed by atoms with Gasteiger partial charge in [0.2, 0.25) is 0 Å². The zero-order valence-corrected chi connectivity index (χ0v) is 19.7. The third-order valence-corrected chi connectivity index (χ3v) is 6.13. The van der Waals surface area contributed by atoms with Crippen LogP contribution in [0.4, 0.5) is 10.5 Å². The van der Waals surface area contributed by atoms with Crippen molar-refractivity contribution < 1.29 is 14.6 Å². The van der Waals surface area contributed by atoms with Crippen molar-refractivity contribution in [2.45, 2.75) is 58.2 Å². The molecule has 2 aromatic heterocycles. The van der Waals surface area contributed by atoms with Gasteiger partial charge in [-0.3, -0.25) is 0 Å². The molecule has 180 valence electrons. The van der Waals surface area contributed by atoms with E-state index in [0.29, 0.717) is 12.2 Å². The molecule has 2 amide bonds. The summed E-state index contributed by atoms with van der Waals surface area (Å²) < 4.78 is 10.2. The standard InChI is InChI=1S/C27H34N4O3/c1-2-3-4-5-6-13-30-14-11-21-17-24(8-10-25(21)30)34-19-23(32)18-31-15-12-20-16-22(29-27(28)33)7-9-26(20)31/h7-12,14-17,23,32H,2-6,13,18-19H2,1H3,(H3,28,29,33). The molecule has 2 aromatic carbocycles. The minimum atomic E-state index is -0.664. The quantitative estimate of drug-likeness (QED) is 0.243. The number of amides is 2. The van der Waals surface area contributed by atoms with E-state index in [1.54, 1.807) is 6.07 Å². The smallest absolute Gasteiger partial charge is 0.316 e. The van der Waals surface area contributed by atoms with Gasteiger partial charge in [-0.25, -0.2) is 4.79 Å². The second-order valence-corrected chi connectivity index (χ2v) is 8.84. The van der Waals surface area contributed by atoms with E-state index in [-0.39, 0.29) is 6.61 Å². The molecule has 1 unspecified atom stereocenters. The Hall–Kier alpha value is -3.45. The fourth-order valence-electron chi connectivity index (χ4n) is 4.40. The summed E-state index contributed by atoms with van der Waals surface area (Å²) in [4.78, 5) is 11.0. The van der Waals surface area contributed by atoms with Gasteiger partial charge in [-0.1, -0.05) is 32.6 Å². The molecule has 0 saturated carbocycles. The largest absolute Gasteiger partial charge is 0.491 e. The van der Waals surface area contributed by atoms with Crippen molar-refractivity contribution in [2.75, 3.05) is 11.9 Å². The Labute approximate surface area is 200 Å². The maximum absolute atomic E-state index is 11.0. The highest BCUT2D eigenvalue weighted by molar-refractivity contribution is 5.92. The number of urea groups is 1. The first kappa shape index (κ1) is 23.7. The number of hydrogen-bond donors (Lipinski definition) is 3. The molecule has 34 heavy (non-hydrogen) atoms. The molecule has 0 aliphatic heterocycles. The number of hydrogen-bond acceptors (Lipinski definition) is 3. The van der Waals surface area contributed by atoms with Gasteiger partial charge in [0, 0.05) is 46.4 Å². The summed E-state index contributed by atoms with van der Waals surface area (Å²) in [5.41, 5.74) is 8.00. The molecule has 0 aliphatic carbocycles. The number of aliphatic hydroxyl groups is 1. The highest BCUT2D eigenvalue weighted by Crippen LogP contribution is 2.24. The Balaban J connectivity index is 1.31. The lowest BCUT2D eigenvalue weighted by atomic mass is 10.1. The van der Waals surface area contributed by atoms with Gasteiger partial charge >= 0.3 is 6.03 Å². The van der Waals surface area contributed by atoms with Crippen LogP contribution in [0.15, 0.2) is 60.9 Å². The van der Waals surface area contributed by atoms with Gasteiger partial charge in [0.15, 0.2) is 0 Å². The van der Waals surface area contributed by atoms with Gasteiger partial charge in [0.1, 0.15) is 18.5 Å². The van der Waals surface area contributed by atoms with E-state index in [4.69, 9.17) is 10.5 Å². The predicted octanol–water partition coefficient (Wildman–Crippen LogP) is 5.50. The fraction of sp³-hybridized carbons (Fsp3) is 0.370. The first-order chi connectivity index (χ1) is 16.5. The van der Waals surface area contributed by atoms with Gasteiger partial charge in [-0.2, -0.15) is 0 Å². The van der Waals surface area contributed by atoms with E-state index in [0.717, 1.165) is 28.6 Å². The van der Waals surface area contributed by atoms with Crippen molar-refractivity contribution in [3.05, 3.63) is 60.9 Å². The number of nitrogens with zero attached hydrogens (tertiary/aromatic N) is 2. The highest BCUT2D eigenvalue weighted by atomic mass is 16.5. The molecule has 7 nitrogen and oxygen atoms in total. The van der Waals surface area contributed by atoms with Gasteiger partial charge in [0.25, 0.3) is 0 Å². The van der Waals surface area contributed by atoms with Crippen LogP contribution in [-0.4, -0.2) is 33.0 Å². The lowest BCUT2D eigenvalue weighted by Gasteiger charge is -2.14. The van der Waals surface area contributed by atoms with Crippen LogP contribution in [-0.2, 0) is 13.1 Å². The fourth-order valence-corrected chi connectivity index (χ4v) is 4.40. The van der Waals surface area contributed by atoms with Crippen LogP contribution in [0, 0.1) is 0 Å². The van der Waals surface area contributed by atoms with Crippen LogP contribution < -0.4 is 15.8 Å². The van der Waals surface area contributed by atoms with E-state index in [9.17, 15) is 9.90 Å². The number of carbonyl (C=O) groups is 1. The Bertz CT molecular complexity index is 1240. The molecular formula is C27H34N4O3. The van der Waals surface area contributed by atoms with Gasteiger partial charge < -0.3 is 30.0 Å². The SMILES string of the molecule is CCCCCCCn1ccc2cc(OCC(O)Cn3ccc4cc(NC(N)=O)ccc43)ccc21. The number of unbranched alkanes of at least 4 members (excludes halogenated alkanes) is 4. The average Bonchev–Trinajstić information content (AvgIpc) is 3.40. The van der Waals surface area contributed by atoms with Gasteiger partial charge in [-0.15, -0.1) is 0 Å². The zero-order valence-electron chi connectivity index (χ0n) is 19.7. The number of nitrogens with two attached hydrogens (primary N) is 1. The van der Waals surface area contributed by atoms with Crippen LogP contribution in [0.2, 0.25) is 0 Å². The number of nitrogens with one attached hydrogen (secondary N) is 1. The van der Waals surface area contributed by atoms with Crippen LogP contribution in [0.5, 0.6) is 5.75 Å². The number of fused-ring (bicyclic) bond motifs is 2. The summed E-state index contributed by atoms with van der Waals surface area (Å²) in [6, 6.07) is 15.1. The number of benzene rings is 2. The first-order valence-corrected chi connectivity index (χ1v) is 12.1. The molecule has 0 spiro atoms. The molecule has 2 heterocycles. The number of carbonyl (C=O) groups excluding carboxylic acids is 1. The molecule has 7 heteroatoms. The Morgan fingerprint density at radius 2 is 1.68 bits per heavy atom. The van der Waals surface area contributed by atoms with Crippen molar-refractivity contribution in [1.29, 1.82) is 0 Å². The Morgan fingerprint density at radius 1 is 0.971 bits per heavy atom. The van der Waals surface area contributed by atoms with E-state index in [2.05, 4.69) is 35.1 Å². The molecule has 0 bridgehead atoms. The molecule has 4 N–H and O–H groups in total. The van der Waals surface area contributed by atoms with Crippen molar-refractivity contribution >= 4 is 33.5 Å². The minimum absolute atomic E-state index is 0.199. The second kappa shape index (κ2) is 11.1.